The molecule has 0 aliphatic heterocycles. The monoisotopic (exact) mass is 300 g/mol. The lowest BCUT2D eigenvalue weighted by molar-refractivity contribution is -0.151. The first-order chi connectivity index (χ1) is 9.97. The Bertz CT molecular complexity index is 280. The maximum atomic E-state index is 12.2. The number of nitrogens with zero attached hydrogens (tertiary/aromatic N) is 1. The first-order valence-corrected chi connectivity index (χ1v) is 8.61. The highest BCUT2D eigenvalue weighted by molar-refractivity contribution is 5.80. The topological polar surface area (TPSA) is 41.6 Å². The molecule has 0 heterocycles. The van der Waals surface area contributed by atoms with E-state index in [2.05, 4.69) is 31.0 Å². The summed E-state index contributed by atoms with van der Waals surface area (Å²) < 4.78 is 5.23. The number of hydrogen-bond donors (Lipinski definition) is 1. The van der Waals surface area contributed by atoms with E-state index in [1.54, 1.807) is 0 Å². The van der Waals surface area contributed by atoms with Gasteiger partial charge in [-0.25, -0.2) is 0 Å². The Morgan fingerprint density at radius 3 is 2.24 bits per heavy atom. The number of nitrogens with one attached hydrogen (secondary N) is 1. The molecule has 4 nitrogen and oxygen atoms in total. The molecule has 21 heavy (non-hydrogen) atoms. The van der Waals surface area contributed by atoms with Crippen LogP contribution in [0.25, 0.3) is 0 Å². The maximum Gasteiger partial charge on any atom is 0.326 e. The standard InChI is InChI=1S/C17H36N2O2/c1-7-15(8-2)14-19(10-4)13-12-17(6,18-9-3)16(20)21-11-5/h15,18H,7-14H2,1-6H3. The van der Waals surface area contributed by atoms with E-state index >= 15 is 0 Å². The van der Waals surface area contributed by atoms with Crippen LogP contribution in [0.3, 0.4) is 0 Å². The summed E-state index contributed by atoms with van der Waals surface area (Å²) in [7, 11) is 0. The molecule has 0 aliphatic carbocycles. The second-order valence-corrected chi connectivity index (χ2v) is 5.91. The van der Waals surface area contributed by atoms with Crippen LogP contribution in [0.2, 0.25) is 0 Å². The summed E-state index contributed by atoms with van der Waals surface area (Å²) in [6.07, 6.45) is 3.22. The molecule has 1 N–H and O–H groups in total. The number of hydrogen-bond acceptors (Lipinski definition) is 4. The molecular weight excluding hydrogens is 264 g/mol. The van der Waals surface area contributed by atoms with Crippen molar-refractivity contribution in [1.29, 1.82) is 0 Å². The van der Waals surface area contributed by atoms with Gasteiger partial charge in [0, 0.05) is 13.1 Å². The molecule has 0 radical (unpaired) electrons. The van der Waals surface area contributed by atoms with Gasteiger partial charge in [-0.2, -0.15) is 0 Å². The van der Waals surface area contributed by atoms with E-state index in [0.29, 0.717) is 6.61 Å². The van der Waals surface area contributed by atoms with E-state index in [1.165, 1.54) is 12.8 Å². The van der Waals surface area contributed by atoms with Gasteiger partial charge in [-0.1, -0.05) is 40.5 Å². The Morgan fingerprint density at radius 1 is 1.19 bits per heavy atom. The molecule has 0 fully saturated rings. The zero-order valence-corrected chi connectivity index (χ0v) is 15.0. The van der Waals surface area contributed by atoms with Gasteiger partial charge in [0.15, 0.2) is 0 Å². The highest BCUT2D eigenvalue weighted by Gasteiger charge is 2.33. The van der Waals surface area contributed by atoms with Gasteiger partial charge in [0.2, 0.25) is 0 Å². The minimum Gasteiger partial charge on any atom is -0.465 e. The highest BCUT2D eigenvalue weighted by atomic mass is 16.5. The number of esters is 1. The van der Waals surface area contributed by atoms with Gasteiger partial charge in [-0.05, 0) is 39.3 Å². The molecule has 126 valence electrons. The molecule has 4 heteroatoms. The lowest BCUT2D eigenvalue weighted by Crippen LogP contribution is -2.52. The lowest BCUT2D eigenvalue weighted by Gasteiger charge is -2.32. The Kier molecular flexibility index (Phi) is 10.7. The average molecular weight is 300 g/mol. The van der Waals surface area contributed by atoms with Crippen LogP contribution in [0, 0.1) is 5.92 Å². The summed E-state index contributed by atoms with van der Waals surface area (Å²) in [4.78, 5) is 14.6. The molecule has 0 saturated carbocycles. The summed E-state index contributed by atoms with van der Waals surface area (Å²) in [5.74, 6) is 0.614. The third kappa shape index (κ3) is 7.28. The minimum atomic E-state index is -0.577. The van der Waals surface area contributed by atoms with Gasteiger partial charge in [-0.3, -0.25) is 4.79 Å². The molecule has 0 aromatic carbocycles. The molecular formula is C17H36N2O2. The first-order valence-electron chi connectivity index (χ1n) is 8.61. The summed E-state index contributed by atoms with van der Waals surface area (Å²) in [6, 6.07) is 0. The van der Waals surface area contributed by atoms with Gasteiger partial charge in [0.1, 0.15) is 5.54 Å². The SMILES string of the molecule is CCNC(C)(CCN(CC)CC(CC)CC)C(=O)OCC. The Hall–Kier alpha value is -0.610. The second kappa shape index (κ2) is 11.0. The van der Waals surface area contributed by atoms with Crippen LogP contribution in [-0.2, 0) is 9.53 Å². The second-order valence-electron chi connectivity index (χ2n) is 5.91. The van der Waals surface area contributed by atoms with Crippen molar-refractivity contribution in [1.82, 2.24) is 10.2 Å². The Balaban J connectivity index is 4.59. The quantitative estimate of drug-likeness (QED) is 0.562. The van der Waals surface area contributed by atoms with Gasteiger partial charge in [0.25, 0.3) is 0 Å². The first kappa shape index (κ1) is 20.4. The van der Waals surface area contributed by atoms with Crippen molar-refractivity contribution in [2.24, 2.45) is 5.92 Å². The molecule has 1 atom stereocenters. The zero-order chi connectivity index (χ0) is 16.3. The highest BCUT2D eigenvalue weighted by Crippen LogP contribution is 2.16. The fourth-order valence-electron chi connectivity index (χ4n) is 2.62. The molecule has 0 spiro atoms. The van der Waals surface area contributed by atoms with Crippen LogP contribution in [0.15, 0.2) is 0 Å². The smallest absolute Gasteiger partial charge is 0.326 e. The summed E-state index contributed by atoms with van der Waals surface area (Å²) >= 11 is 0. The number of rotatable bonds is 12. The van der Waals surface area contributed by atoms with E-state index in [-0.39, 0.29) is 5.97 Å². The van der Waals surface area contributed by atoms with Crippen LogP contribution < -0.4 is 5.32 Å². The summed E-state index contributed by atoms with van der Waals surface area (Å²) in [6.45, 7) is 16.8. The normalized spacial score (nSPS) is 14.5. The average Bonchev–Trinajstić information content (AvgIpc) is 2.48. The third-order valence-corrected chi connectivity index (χ3v) is 4.34. The van der Waals surface area contributed by atoms with Crippen LogP contribution in [0.5, 0.6) is 0 Å². The number of ether oxygens (including phenoxy) is 1. The minimum absolute atomic E-state index is 0.134. The number of carbonyl (C=O) groups is 1. The van der Waals surface area contributed by atoms with E-state index in [1.807, 2.05) is 20.8 Å². The Morgan fingerprint density at radius 2 is 1.81 bits per heavy atom. The predicted octanol–water partition coefficient (Wildman–Crippen LogP) is 3.07. The van der Waals surface area contributed by atoms with Crippen molar-refractivity contribution in [3.05, 3.63) is 0 Å². The largest absolute Gasteiger partial charge is 0.465 e. The van der Waals surface area contributed by atoms with Crippen molar-refractivity contribution in [2.75, 3.05) is 32.8 Å². The number of carbonyl (C=O) groups excluding carboxylic acids is 1. The van der Waals surface area contributed by atoms with Gasteiger partial charge in [0.05, 0.1) is 6.61 Å². The summed E-state index contributed by atoms with van der Waals surface area (Å²) in [5, 5.41) is 3.30. The fourth-order valence-corrected chi connectivity index (χ4v) is 2.62. The van der Waals surface area contributed by atoms with Crippen molar-refractivity contribution in [3.8, 4) is 0 Å². The van der Waals surface area contributed by atoms with E-state index in [0.717, 1.165) is 38.5 Å². The van der Waals surface area contributed by atoms with Crippen molar-refractivity contribution in [3.63, 3.8) is 0 Å². The van der Waals surface area contributed by atoms with Gasteiger partial charge >= 0.3 is 5.97 Å². The zero-order valence-electron chi connectivity index (χ0n) is 15.0. The van der Waals surface area contributed by atoms with E-state index < -0.39 is 5.54 Å². The summed E-state index contributed by atoms with van der Waals surface area (Å²) in [5.41, 5.74) is -0.577. The van der Waals surface area contributed by atoms with Gasteiger partial charge < -0.3 is 15.0 Å². The fraction of sp³-hybridized carbons (Fsp3) is 0.941. The molecule has 0 aromatic rings. The maximum absolute atomic E-state index is 12.2. The van der Waals surface area contributed by atoms with E-state index in [4.69, 9.17) is 4.74 Å². The third-order valence-electron chi connectivity index (χ3n) is 4.34. The van der Waals surface area contributed by atoms with Crippen molar-refractivity contribution < 1.29 is 9.53 Å². The molecule has 0 amide bonds. The predicted molar refractivity (Wildman–Crippen MR) is 89.5 cm³/mol. The molecule has 0 bridgehead atoms. The molecule has 1 unspecified atom stereocenters. The lowest BCUT2D eigenvalue weighted by atomic mass is 9.96. The Labute approximate surface area is 131 Å². The van der Waals surface area contributed by atoms with Crippen molar-refractivity contribution >= 4 is 5.97 Å². The number of likely N-dealkylation sites (N-methyl/N-ethyl adjacent to an activating group) is 1. The molecule has 0 aromatic heterocycles. The van der Waals surface area contributed by atoms with Crippen LogP contribution in [0.1, 0.15) is 60.8 Å². The van der Waals surface area contributed by atoms with E-state index in [9.17, 15) is 4.79 Å². The molecule has 0 saturated heterocycles. The molecule has 0 aliphatic rings. The van der Waals surface area contributed by atoms with Crippen molar-refractivity contribution in [2.45, 2.75) is 66.3 Å². The van der Waals surface area contributed by atoms with Crippen LogP contribution in [0.4, 0.5) is 0 Å². The molecule has 0 rings (SSSR count). The van der Waals surface area contributed by atoms with Crippen LogP contribution in [-0.4, -0.2) is 49.2 Å². The van der Waals surface area contributed by atoms with Gasteiger partial charge in [-0.15, -0.1) is 0 Å². The van der Waals surface area contributed by atoms with Crippen LogP contribution >= 0.6 is 0 Å².